The number of benzene rings is 5. The summed E-state index contributed by atoms with van der Waals surface area (Å²) in [6, 6.07) is 38.3. The van der Waals surface area contributed by atoms with Crippen LogP contribution in [0.3, 0.4) is 0 Å². The summed E-state index contributed by atoms with van der Waals surface area (Å²) in [7, 11) is 0. The molecule has 0 fully saturated rings. The zero-order valence-corrected chi connectivity index (χ0v) is 19.7. The molecule has 3 N–H and O–H groups in total. The zero-order valence-electron chi connectivity index (χ0n) is 19.7. The van der Waals surface area contributed by atoms with Crippen molar-refractivity contribution in [1.82, 2.24) is 0 Å². The van der Waals surface area contributed by atoms with Crippen molar-refractivity contribution in [2.75, 3.05) is 5.32 Å². The number of phenols is 2. The van der Waals surface area contributed by atoms with Crippen LogP contribution in [-0.4, -0.2) is 10.2 Å². The lowest BCUT2D eigenvalue weighted by Crippen LogP contribution is -2.13. The highest BCUT2D eigenvalue weighted by Gasteiger charge is 2.25. The van der Waals surface area contributed by atoms with Gasteiger partial charge in [0.2, 0.25) is 0 Å². The minimum Gasteiger partial charge on any atom is -0.508 e. The van der Waals surface area contributed by atoms with Crippen molar-refractivity contribution in [2.24, 2.45) is 0 Å². The molecule has 0 saturated heterocycles. The fraction of sp³-hybridized carbons (Fsp3) is 0.125. The van der Waals surface area contributed by atoms with Gasteiger partial charge in [-0.2, -0.15) is 0 Å². The maximum Gasteiger partial charge on any atom is 0.115 e. The molecule has 0 spiro atoms. The first-order chi connectivity index (χ1) is 17.1. The van der Waals surface area contributed by atoms with Crippen molar-refractivity contribution in [3.8, 4) is 11.5 Å². The topological polar surface area (TPSA) is 52.5 Å². The van der Waals surface area contributed by atoms with Crippen LogP contribution in [0.4, 0.5) is 11.4 Å². The summed E-state index contributed by atoms with van der Waals surface area (Å²) in [5.41, 5.74) is 5.64. The van der Waals surface area contributed by atoms with E-state index in [1.165, 1.54) is 16.3 Å². The largest absolute Gasteiger partial charge is 0.508 e. The van der Waals surface area contributed by atoms with E-state index in [1.807, 2.05) is 24.3 Å². The molecule has 35 heavy (non-hydrogen) atoms. The number of anilines is 2. The fourth-order valence-electron chi connectivity index (χ4n) is 5.02. The Labute approximate surface area is 206 Å². The van der Waals surface area contributed by atoms with Gasteiger partial charge in [0, 0.05) is 22.7 Å². The van der Waals surface area contributed by atoms with Crippen LogP contribution < -0.4 is 5.32 Å². The number of hydrogen-bond donors (Lipinski definition) is 3. The molecule has 5 aromatic rings. The van der Waals surface area contributed by atoms with Gasteiger partial charge < -0.3 is 15.5 Å². The van der Waals surface area contributed by atoms with Crippen LogP contribution in [0.15, 0.2) is 115 Å². The Morgan fingerprint density at radius 2 is 1.23 bits per heavy atom. The Kier molecular flexibility index (Phi) is 6.40. The van der Waals surface area contributed by atoms with Crippen molar-refractivity contribution < 1.29 is 10.2 Å². The van der Waals surface area contributed by atoms with Crippen LogP contribution in [0.2, 0.25) is 0 Å². The quantitative estimate of drug-likeness (QED) is 0.229. The monoisotopic (exact) mass is 459 g/mol. The smallest absolute Gasteiger partial charge is 0.115 e. The third-order valence-corrected chi connectivity index (χ3v) is 6.73. The number of aromatic hydroxyl groups is 2. The van der Waals surface area contributed by atoms with Gasteiger partial charge in [-0.05, 0) is 76.9 Å². The third-order valence-electron chi connectivity index (χ3n) is 6.73. The van der Waals surface area contributed by atoms with Crippen LogP contribution in [0.1, 0.15) is 41.9 Å². The molecule has 0 radical (unpaired) electrons. The summed E-state index contributed by atoms with van der Waals surface area (Å²) in [6.07, 6.45) is 0.935. The zero-order chi connectivity index (χ0) is 24.2. The molecule has 0 aliphatic carbocycles. The molecule has 3 heteroatoms. The summed E-state index contributed by atoms with van der Waals surface area (Å²) >= 11 is 0. The van der Waals surface area contributed by atoms with E-state index in [9.17, 15) is 10.2 Å². The van der Waals surface area contributed by atoms with Crippen LogP contribution in [0.5, 0.6) is 11.5 Å². The maximum absolute atomic E-state index is 9.87. The van der Waals surface area contributed by atoms with Gasteiger partial charge in [-0.25, -0.2) is 0 Å². The first kappa shape index (κ1) is 22.5. The minimum absolute atomic E-state index is 0.0778. The average molecular weight is 460 g/mol. The van der Waals surface area contributed by atoms with E-state index >= 15 is 0 Å². The molecule has 0 saturated carbocycles. The Bertz CT molecular complexity index is 1370. The molecule has 1 atom stereocenters. The van der Waals surface area contributed by atoms with Gasteiger partial charge in [-0.15, -0.1) is 0 Å². The minimum atomic E-state index is 0.0778. The Morgan fingerprint density at radius 1 is 0.629 bits per heavy atom. The van der Waals surface area contributed by atoms with E-state index in [4.69, 9.17) is 0 Å². The van der Waals surface area contributed by atoms with Crippen LogP contribution in [0, 0.1) is 0 Å². The molecule has 3 nitrogen and oxygen atoms in total. The third kappa shape index (κ3) is 4.85. The number of fused-ring (bicyclic) bond motifs is 1. The number of nitrogens with one attached hydrogen (secondary N) is 1. The maximum atomic E-state index is 9.87. The van der Waals surface area contributed by atoms with Gasteiger partial charge in [0.05, 0.1) is 0 Å². The summed E-state index contributed by atoms with van der Waals surface area (Å²) in [5, 5.41) is 25.8. The van der Waals surface area contributed by atoms with E-state index < -0.39 is 0 Å². The lowest BCUT2D eigenvalue weighted by atomic mass is 9.76. The summed E-state index contributed by atoms with van der Waals surface area (Å²) in [5.74, 6) is 0.799. The molecule has 0 aliphatic heterocycles. The molecule has 0 aromatic heterocycles. The summed E-state index contributed by atoms with van der Waals surface area (Å²) < 4.78 is 0. The highest BCUT2D eigenvalue weighted by molar-refractivity contribution is 5.95. The second kappa shape index (κ2) is 9.94. The molecular weight excluding hydrogens is 430 g/mol. The van der Waals surface area contributed by atoms with E-state index in [2.05, 4.69) is 79.0 Å². The van der Waals surface area contributed by atoms with Crippen molar-refractivity contribution in [2.45, 2.75) is 25.2 Å². The van der Waals surface area contributed by atoms with Gasteiger partial charge in [0.15, 0.2) is 0 Å². The Hall–Kier alpha value is -4.24. The number of phenolic OH excluding ortho intramolecular Hbond substituents is 2. The van der Waals surface area contributed by atoms with Crippen molar-refractivity contribution in [1.29, 1.82) is 0 Å². The van der Waals surface area contributed by atoms with E-state index in [1.54, 1.807) is 24.3 Å². The molecule has 174 valence electrons. The predicted octanol–water partition coefficient (Wildman–Crippen LogP) is 8.32. The van der Waals surface area contributed by atoms with Crippen molar-refractivity contribution in [3.05, 3.63) is 132 Å². The molecule has 5 rings (SSSR count). The van der Waals surface area contributed by atoms with Gasteiger partial charge in [-0.3, -0.25) is 0 Å². The second-order valence-corrected chi connectivity index (χ2v) is 8.95. The number of hydrogen-bond acceptors (Lipinski definition) is 3. The standard InChI is InChI=1S/C32H29NO2/c1-2-29(32(23-13-17-27(34)18-14-23)24-15-19-28(35)20-16-24)25-9-5-10-26(21-25)33-31-12-6-8-22-7-3-4-11-30(22)31/h3-21,29,32-35H,2H2,1H3. The lowest BCUT2D eigenvalue weighted by Gasteiger charge is -2.28. The first-order valence-electron chi connectivity index (χ1n) is 12.0. The molecule has 0 heterocycles. The van der Waals surface area contributed by atoms with Crippen molar-refractivity contribution >= 4 is 22.1 Å². The van der Waals surface area contributed by atoms with E-state index in [0.29, 0.717) is 0 Å². The van der Waals surface area contributed by atoms with Gasteiger partial charge in [0.1, 0.15) is 11.5 Å². The van der Waals surface area contributed by atoms with Crippen molar-refractivity contribution in [3.63, 3.8) is 0 Å². The second-order valence-electron chi connectivity index (χ2n) is 8.95. The fourth-order valence-corrected chi connectivity index (χ4v) is 5.02. The average Bonchev–Trinajstić information content (AvgIpc) is 2.89. The van der Waals surface area contributed by atoms with Gasteiger partial charge in [0.25, 0.3) is 0 Å². The molecule has 0 aliphatic rings. The highest BCUT2D eigenvalue weighted by Crippen LogP contribution is 2.42. The molecule has 0 amide bonds. The number of rotatable bonds is 7. The normalized spacial score (nSPS) is 12.1. The first-order valence-corrected chi connectivity index (χ1v) is 12.0. The van der Waals surface area contributed by atoms with E-state index in [0.717, 1.165) is 28.9 Å². The van der Waals surface area contributed by atoms with Crippen LogP contribution in [0.25, 0.3) is 10.8 Å². The summed E-state index contributed by atoms with van der Waals surface area (Å²) in [6.45, 7) is 2.21. The molecule has 5 aromatic carbocycles. The Balaban J connectivity index is 1.53. The Morgan fingerprint density at radius 3 is 1.89 bits per heavy atom. The lowest BCUT2D eigenvalue weighted by molar-refractivity contribution is 0.474. The molecule has 0 bridgehead atoms. The van der Waals surface area contributed by atoms with Gasteiger partial charge in [-0.1, -0.05) is 79.7 Å². The summed E-state index contributed by atoms with van der Waals surface area (Å²) in [4.78, 5) is 0. The van der Waals surface area contributed by atoms with Crippen LogP contribution in [-0.2, 0) is 0 Å². The van der Waals surface area contributed by atoms with E-state index in [-0.39, 0.29) is 23.3 Å². The van der Waals surface area contributed by atoms with Crippen LogP contribution >= 0.6 is 0 Å². The molecular formula is C32H29NO2. The highest BCUT2D eigenvalue weighted by atomic mass is 16.3. The molecule has 1 unspecified atom stereocenters. The predicted molar refractivity (Wildman–Crippen MR) is 145 cm³/mol. The SMILES string of the molecule is CCC(c1cccc(Nc2cccc3ccccc23)c1)C(c1ccc(O)cc1)c1ccc(O)cc1. The van der Waals surface area contributed by atoms with Gasteiger partial charge >= 0.3 is 0 Å².